The molecule has 0 radical (unpaired) electrons. The molecule has 0 amide bonds. The minimum atomic E-state index is -0.400. The summed E-state index contributed by atoms with van der Waals surface area (Å²) in [6.07, 6.45) is 1.37. The number of hydrogen-bond donors (Lipinski definition) is 0. The van der Waals surface area contributed by atoms with Crippen molar-refractivity contribution in [3.8, 4) is 0 Å². The van der Waals surface area contributed by atoms with Crippen LogP contribution >= 0.6 is 0 Å². The van der Waals surface area contributed by atoms with Gasteiger partial charge in [-0.1, -0.05) is 26.3 Å². The van der Waals surface area contributed by atoms with Crippen LogP contribution in [0.4, 0.5) is 4.39 Å². The van der Waals surface area contributed by atoms with E-state index in [4.69, 9.17) is 0 Å². The second-order valence-corrected chi connectivity index (χ2v) is 4.12. The van der Waals surface area contributed by atoms with E-state index in [2.05, 4.69) is 0 Å². The average molecular weight is 208 g/mol. The van der Waals surface area contributed by atoms with Crippen molar-refractivity contribution in [1.29, 1.82) is 0 Å². The van der Waals surface area contributed by atoms with Crippen molar-refractivity contribution in [2.75, 3.05) is 0 Å². The molecule has 0 saturated heterocycles. The van der Waals surface area contributed by atoms with E-state index in [0.717, 1.165) is 12.0 Å². The number of carbonyl (C=O) groups excluding carboxylic acids is 1. The summed E-state index contributed by atoms with van der Waals surface area (Å²) >= 11 is 0. The van der Waals surface area contributed by atoms with Crippen LogP contribution in [-0.4, -0.2) is 5.78 Å². The summed E-state index contributed by atoms with van der Waals surface area (Å²) in [6, 6.07) is 4.76. The molecule has 1 aromatic carbocycles. The predicted octanol–water partition coefficient (Wildman–Crippen LogP) is 3.75. The lowest BCUT2D eigenvalue weighted by Crippen LogP contribution is -2.07. The fraction of sp³-hybridized carbons (Fsp3) is 0.462. The minimum Gasteiger partial charge on any atom is -0.294 e. The smallest absolute Gasteiger partial charge is 0.166 e. The lowest BCUT2D eigenvalue weighted by molar-refractivity contribution is 0.0959. The zero-order valence-electron chi connectivity index (χ0n) is 9.51. The van der Waals surface area contributed by atoms with Crippen LogP contribution in [0.3, 0.4) is 0 Å². The van der Waals surface area contributed by atoms with Crippen LogP contribution in [0, 0.1) is 18.7 Å². The van der Waals surface area contributed by atoms with Crippen LogP contribution in [0.5, 0.6) is 0 Å². The van der Waals surface area contributed by atoms with E-state index in [1.54, 1.807) is 12.1 Å². The van der Waals surface area contributed by atoms with Gasteiger partial charge < -0.3 is 0 Å². The number of ketones is 1. The van der Waals surface area contributed by atoms with E-state index in [1.165, 1.54) is 6.07 Å². The van der Waals surface area contributed by atoms with Gasteiger partial charge in [0.1, 0.15) is 5.82 Å². The first-order valence-corrected chi connectivity index (χ1v) is 5.34. The van der Waals surface area contributed by atoms with Crippen LogP contribution in [0.1, 0.15) is 42.6 Å². The van der Waals surface area contributed by atoms with E-state index in [-0.39, 0.29) is 11.3 Å². The van der Waals surface area contributed by atoms with Gasteiger partial charge in [-0.25, -0.2) is 4.39 Å². The van der Waals surface area contributed by atoms with Crippen molar-refractivity contribution in [1.82, 2.24) is 0 Å². The molecule has 1 nitrogen and oxygen atoms in total. The molecule has 15 heavy (non-hydrogen) atoms. The van der Waals surface area contributed by atoms with Crippen molar-refractivity contribution < 1.29 is 9.18 Å². The number of benzene rings is 1. The number of hydrogen-bond acceptors (Lipinski definition) is 1. The molecular weight excluding hydrogens is 191 g/mol. The molecule has 1 aromatic rings. The molecule has 0 aliphatic carbocycles. The number of aryl methyl sites for hydroxylation is 1. The monoisotopic (exact) mass is 208 g/mol. The molecule has 1 atom stereocenters. The lowest BCUT2D eigenvalue weighted by atomic mass is 9.97. The Morgan fingerprint density at radius 2 is 2.13 bits per heavy atom. The van der Waals surface area contributed by atoms with Crippen LogP contribution in [0.25, 0.3) is 0 Å². The molecule has 0 spiro atoms. The zero-order valence-corrected chi connectivity index (χ0v) is 9.51. The van der Waals surface area contributed by atoms with E-state index in [1.807, 2.05) is 20.8 Å². The standard InChI is InChI=1S/C13H17FO/c1-4-9(2)8-13(15)11-6-5-10(3)7-12(11)14/h5-7,9H,4,8H2,1-3H3. The molecular formula is C13H17FO. The third-order valence-electron chi connectivity index (χ3n) is 2.66. The van der Waals surface area contributed by atoms with Crippen molar-refractivity contribution >= 4 is 5.78 Å². The molecule has 2 heteroatoms. The van der Waals surface area contributed by atoms with Gasteiger partial charge in [0.15, 0.2) is 5.78 Å². The van der Waals surface area contributed by atoms with E-state index in [0.29, 0.717) is 12.3 Å². The third kappa shape index (κ3) is 3.15. The highest BCUT2D eigenvalue weighted by atomic mass is 19.1. The largest absolute Gasteiger partial charge is 0.294 e. The predicted molar refractivity (Wildman–Crippen MR) is 59.5 cm³/mol. The molecule has 0 saturated carbocycles. The molecule has 1 unspecified atom stereocenters. The summed E-state index contributed by atoms with van der Waals surface area (Å²) in [4.78, 5) is 11.7. The summed E-state index contributed by atoms with van der Waals surface area (Å²) in [5.74, 6) is -0.177. The van der Waals surface area contributed by atoms with Gasteiger partial charge in [-0.2, -0.15) is 0 Å². The zero-order chi connectivity index (χ0) is 11.4. The Bertz CT molecular complexity index is 358. The van der Waals surface area contributed by atoms with Crippen molar-refractivity contribution in [3.63, 3.8) is 0 Å². The number of Topliss-reactive ketones (excluding diaryl/α,β-unsaturated/α-hetero) is 1. The van der Waals surface area contributed by atoms with E-state index >= 15 is 0 Å². The normalized spacial score (nSPS) is 12.5. The fourth-order valence-electron chi connectivity index (χ4n) is 1.42. The highest BCUT2D eigenvalue weighted by Crippen LogP contribution is 2.16. The average Bonchev–Trinajstić information content (AvgIpc) is 2.17. The molecule has 0 fully saturated rings. The van der Waals surface area contributed by atoms with E-state index < -0.39 is 5.82 Å². The molecule has 82 valence electrons. The van der Waals surface area contributed by atoms with Crippen LogP contribution < -0.4 is 0 Å². The topological polar surface area (TPSA) is 17.1 Å². The number of carbonyl (C=O) groups is 1. The Balaban J connectivity index is 2.82. The lowest BCUT2D eigenvalue weighted by Gasteiger charge is -2.08. The summed E-state index contributed by atoms with van der Waals surface area (Å²) in [6.45, 7) is 5.85. The molecule has 0 bridgehead atoms. The summed E-state index contributed by atoms with van der Waals surface area (Å²) < 4.78 is 13.4. The van der Waals surface area contributed by atoms with Gasteiger partial charge in [-0.15, -0.1) is 0 Å². The summed E-state index contributed by atoms with van der Waals surface area (Å²) in [7, 11) is 0. The quantitative estimate of drug-likeness (QED) is 0.689. The second kappa shape index (κ2) is 5.06. The Labute approximate surface area is 90.3 Å². The SMILES string of the molecule is CCC(C)CC(=O)c1ccc(C)cc1F. The van der Waals surface area contributed by atoms with Crippen LogP contribution in [0.15, 0.2) is 18.2 Å². The van der Waals surface area contributed by atoms with Crippen molar-refractivity contribution in [2.45, 2.75) is 33.6 Å². The molecule has 0 aliphatic rings. The van der Waals surface area contributed by atoms with Gasteiger partial charge >= 0.3 is 0 Å². The molecule has 0 N–H and O–H groups in total. The maximum absolute atomic E-state index is 13.4. The highest BCUT2D eigenvalue weighted by molar-refractivity contribution is 5.96. The molecule has 0 aromatic heterocycles. The molecule has 0 heterocycles. The minimum absolute atomic E-state index is 0.0955. The van der Waals surface area contributed by atoms with Crippen molar-refractivity contribution in [3.05, 3.63) is 35.1 Å². The first kappa shape index (κ1) is 11.9. The van der Waals surface area contributed by atoms with Gasteiger partial charge in [0.25, 0.3) is 0 Å². The molecule has 0 aliphatic heterocycles. The Kier molecular flexibility index (Phi) is 4.01. The first-order chi connectivity index (χ1) is 7.04. The van der Waals surface area contributed by atoms with Crippen LogP contribution in [-0.2, 0) is 0 Å². The number of halogens is 1. The number of rotatable bonds is 4. The van der Waals surface area contributed by atoms with E-state index in [9.17, 15) is 9.18 Å². The van der Waals surface area contributed by atoms with Crippen molar-refractivity contribution in [2.24, 2.45) is 5.92 Å². The Morgan fingerprint density at radius 3 is 2.67 bits per heavy atom. The third-order valence-corrected chi connectivity index (χ3v) is 2.66. The van der Waals surface area contributed by atoms with Crippen LogP contribution in [0.2, 0.25) is 0 Å². The highest BCUT2D eigenvalue weighted by Gasteiger charge is 2.13. The van der Waals surface area contributed by atoms with Gasteiger partial charge in [-0.05, 0) is 30.5 Å². The first-order valence-electron chi connectivity index (χ1n) is 5.34. The molecule has 1 rings (SSSR count). The van der Waals surface area contributed by atoms with Gasteiger partial charge in [0, 0.05) is 6.42 Å². The van der Waals surface area contributed by atoms with Gasteiger partial charge in [-0.3, -0.25) is 4.79 Å². The Hall–Kier alpha value is -1.18. The fourth-order valence-corrected chi connectivity index (χ4v) is 1.42. The summed E-state index contributed by atoms with van der Waals surface area (Å²) in [5, 5.41) is 0. The van der Waals surface area contributed by atoms with Gasteiger partial charge in [0.2, 0.25) is 0 Å². The maximum atomic E-state index is 13.4. The Morgan fingerprint density at radius 1 is 1.47 bits per heavy atom. The van der Waals surface area contributed by atoms with Gasteiger partial charge in [0.05, 0.1) is 5.56 Å². The summed E-state index contributed by atoms with van der Waals surface area (Å²) in [5.41, 5.74) is 1.06. The maximum Gasteiger partial charge on any atom is 0.166 e. The second-order valence-electron chi connectivity index (χ2n) is 4.12.